The Morgan fingerprint density at radius 1 is 1.19 bits per heavy atom. The van der Waals surface area contributed by atoms with Gasteiger partial charge in [-0.05, 0) is 47.2 Å². The third-order valence-electron chi connectivity index (χ3n) is 4.22. The van der Waals surface area contributed by atoms with Crippen LogP contribution < -0.4 is 10.6 Å². The van der Waals surface area contributed by atoms with Crippen molar-refractivity contribution in [2.45, 2.75) is 19.4 Å². The molecule has 0 fully saturated rings. The van der Waals surface area contributed by atoms with Gasteiger partial charge in [0, 0.05) is 4.88 Å². The van der Waals surface area contributed by atoms with Gasteiger partial charge in [0.05, 0.1) is 23.3 Å². The van der Waals surface area contributed by atoms with E-state index in [1.165, 1.54) is 23.8 Å². The maximum absolute atomic E-state index is 13.1. The number of hydrogen-bond acceptors (Lipinski definition) is 3. The maximum Gasteiger partial charge on any atom is 0.238 e. The Bertz CT molecular complexity index is 897. The minimum atomic E-state index is -0.440. The summed E-state index contributed by atoms with van der Waals surface area (Å²) in [5.41, 5.74) is 2.76. The number of thiophene rings is 1. The Balaban J connectivity index is 1.70. The first-order valence-electron chi connectivity index (χ1n) is 8.67. The number of carbonyl (C=O) groups excluding carboxylic acids is 1. The summed E-state index contributed by atoms with van der Waals surface area (Å²) in [6, 6.07) is 16.2. The van der Waals surface area contributed by atoms with Gasteiger partial charge < -0.3 is 5.32 Å². The lowest BCUT2D eigenvalue weighted by Crippen LogP contribution is -2.31. The molecule has 3 aromatic rings. The SMILES string of the molecule is CCc1ccc([C@@H](NCC(=O)Nc2ccc(F)cc2Cl)c2cccs2)cc1. The molecule has 1 atom stereocenters. The lowest BCUT2D eigenvalue weighted by molar-refractivity contribution is -0.115. The van der Waals surface area contributed by atoms with E-state index in [4.69, 9.17) is 11.6 Å². The summed E-state index contributed by atoms with van der Waals surface area (Å²) in [7, 11) is 0. The van der Waals surface area contributed by atoms with E-state index in [9.17, 15) is 9.18 Å². The van der Waals surface area contributed by atoms with E-state index < -0.39 is 5.82 Å². The molecule has 0 aliphatic rings. The number of anilines is 1. The standard InChI is InChI=1S/C21H20ClFN2OS/c1-2-14-5-7-15(8-6-14)21(19-4-3-11-27-19)24-13-20(26)25-18-10-9-16(23)12-17(18)22/h3-12,21,24H,2,13H2,1H3,(H,25,26)/t21-/m1/s1. The molecule has 0 aliphatic heterocycles. The first kappa shape index (κ1) is 19.5. The van der Waals surface area contributed by atoms with E-state index in [1.807, 2.05) is 17.5 Å². The van der Waals surface area contributed by atoms with Gasteiger partial charge in [0.2, 0.25) is 5.91 Å². The van der Waals surface area contributed by atoms with Crippen molar-refractivity contribution in [3.05, 3.63) is 86.8 Å². The van der Waals surface area contributed by atoms with Crippen LogP contribution in [0.5, 0.6) is 0 Å². The fourth-order valence-electron chi connectivity index (χ4n) is 2.76. The molecule has 140 valence electrons. The average molecular weight is 403 g/mol. The lowest BCUT2D eigenvalue weighted by atomic mass is 10.0. The summed E-state index contributed by atoms with van der Waals surface area (Å²) in [6.07, 6.45) is 0.984. The minimum absolute atomic E-state index is 0.0784. The number of nitrogens with one attached hydrogen (secondary N) is 2. The van der Waals surface area contributed by atoms with Crippen molar-refractivity contribution in [3.8, 4) is 0 Å². The van der Waals surface area contributed by atoms with Crippen molar-refractivity contribution in [2.75, 3.05) is 11.9 Å². The molecule has 1 amide bonds. The minimum Gasteiger partial charge on any atom is -0.324 e. The van der Waals surface area contributed by atoms with Crippen LogP contribution in [0.15, 0.2) is 60.0 Å². The molecule has 3 rings (SSSR count). The van der Waals surface area contributed by atoms with E-state index >= 15 is 0 Å². The second kappa shape index (κ2) is 9.13. The summed E-state index contributed by atoms with van der Waals surface area (Å²) in [5, 5.41) is 8.21. The predicted octanol–water partition coefficient (Wildman–Crippen LogP) is 5.42. The molecule has 27 heavy (non-hydrogen) atoms. The zero-order chi connectivity index (χ0) is 19.2. The fraction of sp³-hybridized carbons (Fsp3) is 0.190. The Hall–Kier alpha value is -2.21. The lowest BCUT2D eigenvalue weighted by Gasteiger charge is -2.18. The zero-order valence-corrected chi connectivity index (χ0v) is 16.4. The maximum atomic E-state index is 13.1. The Labute approximate surface area is 167 Å². The van der Waals surface area contributed by atoms with Crippen molar-refractivity contribution in [3.63, 3.8) is 0 Å². The highest BCUT2D eigenvalue weighted by Gasteiger charge is 2.16. The molecule has 0 bridgehead atoms. The van der Waals surface area contributed by atoms with Gasteiger partial charge in [0.1, 0.15) is 5.82 Å². The molecule has 0 aliphatic carbocycles. The molecule has 6 heteroatoms. The van der Waals surface area contributed by atoms with E-state index in [0.29, 0.717) is 5.69 Å². The molecule has 3 nitrogen and oxygen atoms in total. The summed E-state index contributed by atoms with van der Waals surface area (Å²) in [6.45, 7) is 2.22. The van der Waals surface area contributed by atoms with Crippen LogP contribution in [0.3, 0.4) is 0 Å². The van der Waals surface area contributed by atoms with Gasteiger partial charge in [-0.2, -0.15) is 0 Å². The quantitative estimate of drug-likeness (QED) is 0.554. The highest BCUT2D eigenvalue weighted by molar-refractivity contribution is 7.10. The Morgan fingerprint density at radius 2 is 1.96 bits per heavy atom. The van der Waals surface area contributed by atoms with Crippen LogP contribution >= 0.6 is 22.9 Å². The van der Waals surface area contributed by atoms with Gasteiger partial charge in [0.25, 0.3) is 0 Å². The highest BCUT2D eigenvalue weighted by Crippen LogP contribution is 2.26. The molecule has 0 spiro atoms. The summed E-state index contributed by atoms with van der Waals surface area (Å²) in [4.78, 5) is 13.5. The molecule has 0 radical (unpaired) electrons. The topological polar surface area (TPSA) is 41.1 Å². The molecular weight excluding hydrogens is 383 g/mol. The number of benzene rings is 2. The Morgan fingerprint density at radius 3 is 2.59 bits per heavy atom. The summed E-state index contributed by atoms with van der Waals surface area (Å²) >= 11 is 7.61. The van der Waals surface area contributed by atoms with Gasteiger partial charge in [-0.3, -0.25) is 10.1 Å². The van der Waals surface area contributed by atoms with Crippen molar-refractivity contribution in [1.29, 1.82) is 0 Å². The second-order valence-electron chi connectivity index (χ2n) is 6.10. The molecule has 0 saturated heterocycles. The number of amides is 1. The third-order valence-corrected chi connectivity index (χ3v) is 5.47. The first-order chi connectivity index (χ1) is 13.1. The summed E-state index contributed by atoms with van der Waals surface area (Å²) < 4.78 is 13.1. The van der Waals surface area contributed by atoms with Crippen LogP contribution in [0.1, 0.15) is 29.0 Å². The van der Waals surface area contributed by atoms with Crippen molar-refractivity contribution in [1.82, 2.24) is 5.32 Å². The van der Waals surface area contributed by atoms with E-state index in [0.717, 1.165) is 16.9 Å². The van der Waals surface area contributed by atoms with E-state index in [-0.39, 0.29) is 23.5 Å². The monoisotopic (exact) mass is 402 g/mol. The molecule has 2 aromatic carbocycles. The van der Waals surface area contributed by atoms with E-state index in [2.05, 4.69) is 41.8 Å². The number of hydrogen-bond donors (Lipinski definition) is 2. The molecule has 1 heterocycles. The highest BCUT2D eigenvalue weighted by atomic mass is 35.5. The smallest absolute Gasteiger partial charge is 0.238 e. The van der Waals surface area contributed by atoms with Gasteiger partial charge in [-0.25, -0.2) is 4.39 Å². The van der Waals surface area contributed by atoms with E-state index in [1.54, 1.807) is 11.3 Å². The van der Waals surface area contributed by atoms with Gasteiger partial charge in [-0.15, -0.1) is 11.3 Å². The van der Waals surface area contributed by atoms with Crippen molar-refractivity contribution in [2.24, 2.45) is 0 Å². The number of halogens is 2. The Kier molecular flexibility index (Phi) is 6.61. The molecular formula is C21H20ClFN2OS. The fourth-order valence-corrected chi connectivity index (χ4v) is 3.81. The van der Waals surface area contributed by atoms with Crippen LogP contribution in [-0.2, 0) is 11.2 Å². The summed E-state index contributed by atoms with van der Waals surface area (Å²) in [5.74, 6) is -0.681. The number of aryl methyl sites for hydroxylation is 1. The number of carbonyl (C=O) groups is 1. The molecule has 0 unspecified atom stereocenters. The van der Waals surface area contributed by atoms with Gasteiger partial charge >= 0.3 is 0 Å². The first-order valence-corrected chi connectivity index (χ1v) is 9.93. The van der Waals surface area contributed by atoms with Crippen LogP contribution in [0.2, 0.25) is 5.02 Å². The second-order valence-corrected chi connectivity index (χ2v) is 7.48. The van der Waals surface area contributed by atoms with Crippen LogP contribution in [0.4, 0.5) is 10.1 Å². The van der Waals surface area contributed by atoms with Gasteiger partial charge in [-0.1, -0.05) is 48.9 Å². The molecule has 2 N–H and O–H groups in total. The predicted molar refractivity (Wildman–Crippen MR) is 110 cm³/mol. The zero-order valence-electron chi connectivity index (χ0n) is 14.8. The van der Waals surface area contributed by atoms with Crippen molar-refractivity contribution < 1.29 is 9.18 Å². The van der Waals surface area contributed by atoms with Crippen LogP contribution in [0, 0.1) is 5.82 Å². The normalized spacial score (nSPS) is 12.0. The van der Waals surface area contributed by atoms with Crippen LogP contribution in [-0.4, -0.2) is 12.5 Å². The molecule has 0 saturated carbocycles. The van der Waals surface area contributed by atoms with Crippen LogP contribution in [0.25, 0.3) is 0 Å². The molecule has 1 aromatic heterocycles. The largest absolute Gasteiger partial charge is 0.324 e. The van der Waals surface area contributed by atoms with Gasteiger partial charge in [0.15, 0.2) is 0 Å². The number of rotatable bonds is 7. The van der Waals surface area contributed by atoms with Crippen molar-refractivity contribution >= 4 is 34.5 Å². The third kappa shape index (κ3) is 5.16. The average Bonchev–Trinajstić information content (AvgIpc) is 3.19.